The van der Waals surface area contributed by atoms with Crippen LogP contribution >= 0.6 is 11.8 Å². The van der Waals surface area contributed by atoms with Crippen molar-refractivity contribution >= 4 is 23.6 Å². The molecular weight excluding hydrogens is 328 g/mol. The van der Waals surface area contributed by atoms with Crippen molar-refractivity contribution in [3.8, 4) is 11.5 Å². The first-order valence-electron chi connectivity index (χ1n) is 7.69. The Labute approximate surface area is 143 Å². The van der Waals surface area contributed by atoms with E-state index in [1.54, 1.807) is 23.6 Å². The number of carbonyl (C=O) groups excluding carboxylic acids is 1. The number of nitrogens with zero attached hydrogens (tertiary/aromatic N) is 2. The molecule has 1 N–H and O–H groups in total. The van der Waals surface area contributed by atoms with Gasteiger partial charge < -0.3 is 14.4 Å². The van der Waals surface area contributed by atoms with Gasteiger partial charge in [-0.3, -0.25) is 9.59 Å². The molecule has 1 aliphatic heterocycles. The van der Waals surface area contributed by atoms with Crippen LogP contribution < -0.4 is 0 Å². The van der Waals surface area contributed by atoms with Gasteiger partial charge in [-0.05, 0) is 19.1 Å². The number of carboxylic acid groups (broad SMARTS) is 1. The molecular formula is C17H18N2O4S. The van der Waals surface area contributed by atoms with E-state index in [0.29, 0.717) is 23.9 Å². The van der Waals surface area contributed by atoms with Gasteiger partial charge >= 0.3 is 5.97 Å². The molecule has 1 fully saturated rings. The third-order valence-corrected chi connectivity index (χ3v) is 5.01. The number of carboxylic acids is 1. The van der Waals surface area contributed by atoms with Crippen LogP contribution in [0.15, 0.2) is 34.7 Å². The van der Waals surface area contributed by atoms with Crippen molar-refractivity contribution in [2.45, 2.75) is 19.4 Å². The summed E-state index contributed by atoms with van der Waals surface area (Å²) in [7, 11) is 0. The van der Waals surface area contributed by atoms with E-state index in [2.05, 4.69) is 4.98 Å². The molecule has 0 spiro atoms. The fourth-order valence-corrected chi connectivity index (χ4v) is 3.79. The lowest BCUT2D eigenvalue weighted by atomic mass is 10.1. The zero-order chi connectivity index (χ0) is 17.1. The number of amides is 1. The van der Waals surface area contributed by atoms with Gasteiger partial charge in [0, 0.05) is 23.6 Å². The van der Waals surface area contributed by atoms with E-state index in [0.717, 1.165) is 11.3 Å². The molecule has 7 heteroatoms. The minimum atomic E-state index is -0.901. The summed E-state index contributed by atoms with van der Waals surface area (Å²) in [5, 5.41) is 9.06. The summed E-state index contributed by atoms with van der Waals surface area (Å²) in [6.07, 6.45) is -0.0544. The zero-order valence-electron chi connectivity index (χ0n) is 13.3. The summed E-state index contributed by atoms with van der Waals surface area (Å²) < 4.78 is 5.65. The molecule has 6 nitrogen and oxygen atoms in total. The van der Waals surface area contributed by atoms with E-state index in [1.165, 1.54) is 0 Å². The summed E-state index contributed by atoms with van der Waals surface area (Å²) in [6, 6.07) is 9.06. The Morgan fingerprint density at radius 3 is 2.83 bits per heavy atom. The highest BCUT2D eigenvalue weighted by Gasteiger charge is 2.32. The zero-order valence-corrected chi connectivity index (χ0v) is 14.1. The van der Waals surface area contributed by atoms with Gasteiger partial charge in [0.1, 0.15) is 5.76 Å². The summed E-state index contributed by atoms with van der Waals surface area (Å²) in [6.45, 7) is 2.23. The minimum Gasteiger partial charge on any atom is -0.481 e. The smallest absolute Gasteiger partial charge is 0.305 e. The van der Waals surface area contributed by atoms with Crippen molar-refractivity contribution < 1.29 is 19.1 Å². The monoisotopic (exact) mass is 346 g/mol. The highest BCUT2D eigenvalue weighted by Crippen LogP contribution is 2.25. The molecule has 24 heavy (non-hydrogen) atoms. The molecule has 1 aliphatic rings. The second-order valence-corrected chi connectivity index (χ2v) is 6.76. The molecule has 1 saturated heterocycles. The lowest BCUT2D eigenvalue weighted by molar-refractivity contribution is -0.138. The maximum atomic E-state index is 12.9. The molecule has 1 aromatic heterocycles. The molecule has 1 aromatic carbocycles. The fraction of sp³-hybridized carbons (Fsp3) is 0.353. The largest absolute Gasteiger partial charge is 0.481 e. The molecule has 1 atom stereocenters. The molecule has 126 valence electrons. The first-order chi connectivity index (χ1) is 11.6. The quantitative estimate of drug-likeness (QED) is 0.916. The fourth-order valence-electron chi connectivity index (χ4n) is 2.73. The lowest BCUT2D eigenvalue weighted by Gasteiger charge is -2.34. The Morgan fingerprint density at radius 1 is 1.38 bits per heavy atom. The average Bonchev–Trinajstić information content (AvgIpc) is 2.97. The molecule has 0 unspecified atom stereocenters. The normalized spacial score (nSPS) is 17.7. The van der Waals surface area contributed by atoms with Gasteiger partial charge in [0.15, 0.2) is 5.69 Å². The van der Waals surface area contributed by atoms with E-state index in [1.807, 2.05) is 30.3 Å². The van der Waals surface area contributed by atoms with E-state index >= 15 is 0 Å². The number of carbonyl (C=O) groups is 2. The predicted molar refractivity (Wildman–Crippen MR) is 91.1 cm³/mol. The van der Waals surface area contributed by atoms with E-state index < -0.39 is 5.97 Å². The van der Waals surface area contributed by atoms with Crippen LogP contribution in [0.1, 0.15) is 22.7 Å². The molecule has 2 heterocycles. The summed E-state index contributed by atoms with van der Waals surface area (Å²) in [5.41, 5.74) is 1.06. The summed E-state index contributed by atoms with van der Waals surface area (Å²) in [5.74, 6) is 1.11. The van der Waals surface area contributed by atoms with Crippen molar-refractivity contribution in [1.82, 2.24) is 9.88 Å². The number of hydrogen-bond donors (Lipinski definition) is 1. The minimum absolute atomic E-state index is 0.0544. The Balaban J connectivity index is 1.86. The topological polar surface area (TPSA) is 83.6 Å². The maximum absolute atomic E-state index is 12.9. The number of hydrogen-bond acceptors (Lipinski definition) is 5. The van der Waals surface area contributed by atoms with Crippen molar-refractivity contribution in [2.24, 2.45) is 0 Å². The molecule has 0 saturated carbocycles. The summed E-state index contributed by atoms with van der Waals surface area (Å²) >= 11 is 1.67. The SMILES string of the molecule is Cc1oc(-c2ccccc2)nc1C(=O)N1CCSC[C@@H]1CC(=O)O. The highest BCUT2D eigenvalue weighted by molar-refractivity contribution is 7.99. The second kappa shape index (κ2) is 7.09. The number of aryl methyl sites for hydroxylation is 1. The van der Waals surface area contributed by atoms with Crippen molar-refractivity contribution in [1.29, 1.82) is 0 Å². The standard InChI is InChI=1S/C17H18N2O4S/c1-11-15(18-16(23-11)12-5-3-2-4-6-12)17(22)19-7-8-24-10-13(19)9-14(20)21/h2-6,13H,7-10H2,1H3,(H,20,21)/t13-/m0/s1. The lowest BCUT2D eigenvalue weighted by Crippen LogP contribution is -2.47. The van der Waals surface area contributed by atoms with E-state index in [-0.39, 0.29) is 24.1 Å². The summed E-state index contributed by atoms with van der Waals surface area (Å²) in [4.78, 5) is 29.9. The van der Waals surface area contributed by atoms with Crippen LogP contribution in [0.5, 0.6) is 0 Å². The van der Waals surface area contributed by atoms with Gasteiger partial charge in [-0.1, -0.05) is 18.2 Å². The first-order valence-corrected chi connectivity index (χ1v) is 8.85. The van der Waals surface area contributed by atoms with Crippen LogP contribution in [0, 0.1) is 6.92 Å². The molecule has 0 bridgehead atoms. The Kier molecular flexibility index (Phi) is 4.89. The van der Waals surface area contributed by atoms with Gasteiger partial charge in [0.2, 0.25) is 5.89 Å². The highest BCUT2D eigenvalue weighted by atomic mass is 32.2. The van der Waals surface area contributed by atoms with Crippen LogP contribution in [-0.4, -0.2) is 51.0 Å². The van der Waals surface area contributed by atoms with Gasteiger partial charge in [-0.25, -0.2) is 4.98 Å². The molecule has 3 rings (SSSR count). The average molecular weight is 346 g/mol. The number of oxazole rings is 1. The Hall–Kier alpha value is -2.28. The molecule has 0 radical (unpaired) electrons. The van der Waals surface area contributed by atoms with Gasteiger partial charge in [-0.2, -0.15) is 11.8 Å². The van der Waals surface area contributed by atoms with Crippen LogP contribution in [0.4, 0.5) is 0 Å². The van der Waals surface area contributed by atoms with Crippen LogP contribution in [-0.2, 0) is 4.79 Å². The van der Waals surface area contributed by atoms with Crippen LogP contribution in [0.3, 0.4) is 0 Å². The van der Waals surface area contributed by atoms with E-state index in [9.17, 15) is 9.59 Å². The van der Waals surface area contributed by atoms with Crippen LogP contribution in [0.2, 0.25) is 0 Å². The Bertz CT molecular complexity index is 744. The second-order valence-electron chi connectivity index (χ2n) is 5.61. The van der Waals surface area contributed by atoms with Crippen LogP contribution in [0.25, 0.3) is 11.5 Å². The van der Waals surface area contributed by atoms with Crippen molar-refractivity contribution in [3.05, 3.63) is 41.8 Å². The molecule has 1 amide bonds. The molecule has 0 aliphatic carbocycles. The number of benzene rings is 1. The van der Waals surface area contributed by atoms with Gasteiger partial charge in [0.05, 0.1) is 12.5 Å². The maximum Gasteiger partial charge on any atom is 0.305 e. The van der Waals surface area contributed by atoms with Crippen molar-refractivity contribution in [2.75, 3.05) is 18.1 Å². The van der Waals surface area contributed by atoms with Gasteiger partial charge in [0.25, 0.3) is 5.91 Å². The van der Waals surface area contributed by atoms with Crippen molar-refractivity contribution in [3.63, 3.8) is 0 Å². The number of rotatable bonds is 4. The number of aliphatic carboxylic acids is 1. The first kappa shape index (κ1) is 16.6. The molecule has 2 aromatic rings. The number of thioether (sulfide) groups is 1. The Morgan fingerprint density at radius 2 is 2.12 bits per heavy atom. The third-order valence-electron chi connectivity index (χ3n) is 3.92. The predicted octanol–water partition coefficient (Wildman–Crippen LogP) is 2.68. The van der Waals surface area contributed by atoms with Gasteiger partial charge in [-0.15, -0.1) is 0 Å². The number of aromatic nitrogens is 1. The third kappa shape index (κ3) is 3.46. The van der Waals surface area contributed by atoms with E-state index in [4.69, 9.17) is 9.52 Å².